The van der Waals surface area contributed by atoms with E-state index in [1.165, 1.54) is 7.11 Å². The highest BCUT2D eigenvalue weighted by Crippen LogP contribution is 2.22. The summed E-state index contributed by atoms with van der Waals surface area (Å²) in [4.78, 5) is 29.7. The van der Waals surface area contributed by atoms with Gasteiger partial charge in [-0.1, -0.05) is 18.2 Å². The molecule has 2 heterocycles. The number of aryl methyl sites for hydroxylation is 1. The number of piperidine rings is 1. The number of aromatic amines is 1. The lowest BCUT2D eigenvalue weighted by Gasteiger charge is -2.32. The number of nitrogens with one attached hydrogen (secondary N) is 2. The average molecular weight is 420 g/mol. The maximum atomic E-state index is 12.9. The van der Waals surface area contributed by atoms with Crippen molar-refractivity contribution in [3.63, 3.8) is 0 Å². The fourth-order valence-corrected chi connectivity index (χ4v) is 4.94. The molecule has 0 saturated carbocycles. The largest absolute Gasteiger partial charge is 0.465 e. The molecule has 0 radical (unpaired) electrons. The lowest BCUT2D eigenvalue weighted by Crippen LogP contribution is -2.46. The van der Waals surface area contributed by atoms with Crippen molar-refractivity contribution in [2.75, 3.05) is 20.2 Å². The van der Waals surface area contributed by atoms with Gasteiger partial charge in [-0.15, -0.1) is 0 Å². The number of likely N-dealkylation sites (tertiary alicyclic amines) is 1. The number of amides is 1. The highest BCUT2D eigenvalue weighted by Gasteiger charge is 2.30. The van der Waals surface area contributed by atoms with E-state index in [-0.39, 0.29) is 16.8 Å². The molecule has 156 valence electrons. The summed E-state index contributed by atoms with van der Waals surface area (Å²) in [6, 6.07) is 7.99. The smallest absolute Gasteiger partial charge is 0.339 e. The van der Waals surface area contributed by atoms with Crippen LogP contribution in [-0.4, -0.2) is 56.4 Å². The van der Waals surface area contributed by atoms with Crippen LogP contribution in [0.25, 0.3) is 0 Å². The van der Waals surface area contributed by atoms with Crippen LogP contribution in [0.15, 0.2) is 35.2 Å². The molecule has 1 aromatic heterocycles. The summed E-state index contributed by atoms with van der Waals surface area (Å²) in [5.41, 5.74) is 1.89. The van der Waals surface area contributed by atoms with E-state index in [4.69, 9.17) is 4.74 Å². The molecule has 29 heavy (non-hydrogen) atoms. The number of sulfonamides is 1. The summed E-state index contributed by atoms with van der Waals surface area (Å²) in [6.07, 6.45) is 1.03. The third-order valence-corrected chi connectivity index (χ3v) is 6.73. The number of carbonyl (C=O) groups excluding carboxylic acids is 2. The Balaban J connectivity index is 1.65. The predicted octanol–water partition coefficient (Wildman–Crippen LogP) is 2.00. The van der Waals surface area contributed by atoms with Gasteiger partial charge in [-0.2, -0.15) is 0 Å². The Labute approximate surface area is 170 Å². The number of H-pyrrole nitrogens is 1. The van der Waals surface area contributed by atoms with Crippen LogP contribution in [0, 0.1) is 13.8 Å². The van der Waals surface area contributed by atoms with Crippen LogP contribution >= 0.6 is 0 Å². The van der Waals surface area contributed by atoms with E-state index < -0.39 is 16.0 Å². The van der Waals surface area contributed by atoms with Crippen molar-refractivity contribution in [3.8, 4) is 0 Å². The minimum atomic E-state index is -3.58. The van der Waals surface area contributed by atoms with E-state index >= 15 is 0 Å². The first-order chi connectivity index (χ1) is 13.7. The second-order valence-corrected chi connectivity index (χ2v) is 8.83. The van der Waals surface area contributed by atoms with Crippen molar-refractivity contribution in [2.24, 2.45) is 0 Å². The molecule has 2 aromatic rings. The van der Waals surface area contributed by atoms with Gasteiger partial charge in [0.1, 0.15) is 5.69 Å². The summed E-state index contributed by atoms with van der Waals surface area (Å²) >= 11 is 0. The summed E-state index contributed by atoms with van der Waals surface area (Å²) in [5.74, 6) is -0.686. The van der Waals surface area contributed by atoms with Crippen LogP contribution in [0.1, 0.15) is 44.9 Å². The van der Waals surface area contributed by atoms with E-state index in [2.05, 4.69) is 9.71 Å². The first kappa shape index (κ1) is 21.1. The van der Waals surface area contributed by atoms with Gasteiger partial charge in [0.05, 0.1) is 17.6 Å². The lowest BCUT2D eigenvalue weighted by atomic mass is 10.0. The topological polar surface area (TPSA) is 109 Å². The molecule has 1 fully saturated rings. The van der Waals surface area contributed by atoms with Crippen LogP contribution in [0.4, 0.5) is 0 Å². The first-order valence-electron chi connectivity index (χ1n) is 9.38. The van der Waals surface area contributed by atoms with Crippen LogP contribution in [0.3, 0.4) is 0 Å². The van der Waals surface area contributed by atoms with Gasteiger partial charge >= 0.3 is 5.97 Å². The van der Waals surface area contributed by atoms with Gasteiger partial charge in [-0.25, -0.2) is 17.9 Å². The monoisotopic (exact) mass is 419 g/mol. The van der Waals surface area contributed by atoms with E-state index in [0.717, 1.165) is 0 Å². The van der Waals surface area contributed by atoms with Gasteiger partial charge < -0.3 is 14.6 Å². The molecule has 0 atom stereocenters. The minimum absolute atomic E-state index is 0.204. The van der Waals surface area contributed by atoms with Crippen LogP contribution in [0.2, 0.25) is 0 Å². The molecule has 0 aliphatic carbocycles. The zero-order valence-corrected chi connectivity index (χ0v) is 17.5. The van der Waals surface area contributed by atoms with Crippen molar-refractivity contribution in [1.29, 1.82) is 0 Å². The Morgan fingerprint density at radius 1 is 1.14 bits per heavy atom. The zero-order chi connectivity index (χ0) is 21.2. The fraction of sp³-hybridized carbons (Fsp3) is 0.400. The Hall–Kier alpha value is -2.65. The Kier molecular flexibility index (Phi) is 6.09. The van der Waals surface area contributed by atoms with Gasteiger partial charge in [-0.05, 0) is 44.4 Å². The number of benzene rings is 1. The maximum absolute atomic E-state index is 12.9. The summed E-state index contributed by atoms with van der Waals surface area (Å²) in [6.45, 7) is 4.28. The lowest BCUT2D eigenvalue weighted by molar-refractivity contribution is 0.0599. The van der Waals surface area contributed by atoms with E-state index in [1.807, 2.05) is 0 Å². The van der Waals surface area contributed by atoms with Gasteiger partial charge in [0, 0.05) is 24.8 Å². The minimum Gasteiger partial charge on any atom is -0.465 e. The molecule has 1 aromatic carbocycles. The SMILES string of the molecule is COC(=O)c1c(C)[nH]c(C(=O)N2CCC(NS(=O)(=O)c3ccccc3)CC2)c1C. The van der Waals surface area contributed by atoms with Crippen molar-refractivity contribution in [2.45, 2.75) is 37.6 Å². The average Bonchev–Trinajstić information content (AvgIpc) is 3.02. The Morgan fingerprint density at radius 3 is 2.34 bits per heavy atom. The number of hydrogen-bond acceptors (Lipinski definition) is 5. The number of ether oxygens (including phenoxy) is 1. The highest BCUT2D eigenvalue weighted by atomic mass is 32.2. The quantitative estimate of drug-likeness (QED) is 0.721. The number of nitrogens with zero attached hydrogens (tertiary/aromatic N) is 1. The number of aromatic nitrogens is 1. The van der Waals surface area contributed by atoms with Crippen LogP contribution in [0.5, 0.6) is 0 Å². The van der Waals surface area contributed by atoms with Gasteiger partial charge in [-0.3, -0.25) is 4.79 Å². The summed E-state index contributed by atoms with van der Waals surface area (Å²) in [7, 11) is -2.28. The Bertz CT molecular complexity index is 1010. The van der Waals surface area contributed by atoms with E-state index in [0.29, 0.717) is 48.4 Å². The second kappa shape index (κ2) is 8.38. The molecule has 2 N–H and O–H groups in total. The number of rotatable bonds is 5. The molecule has 0 bridgehead atoms. The molecule has 9 heteroatoms. The molecular weight excluding hydrogens is 394 g/mol. The van der Waals surface area contributed by atoms with Crippen molar-refractivity contribution < 1.29 is 22.7 Å². The third-order valence-electron chi connectivity index (χ3n) is 5.20. The highest BCUT2D eigenvalue weighted by molar-refractivity contribution is 7.89. The maximum Gasteiger partial charge on any atom is 0.339 e. The Morgan fingerprint density at radius 2 is 1.76 bits per heavy atom. The van der Waals surface area contributed by atoms with Crippen molar-refractivity contribution in [1.82, 2.24) is 14.6 Å². The molecular formula is C20H25N3O5S. The predicted molar refractivity (Wildman–Crippen MR) is 107 cm³/mol. The number of esters is 1. The molecule has 0 unspecified atom stereocenters. The summed E-state index contributed by atoms with van der Waals surface area (Å²) in [5, 5.41) is 0. The standard InChI is InChI=1S/C20H25N3O5S/c1-13-17(20(25)28-3)14(2)21-18(13)19(24)23-11-9-15(10-12-23)22-29(26,27)16-7-5-4-6-8-16/h4-8,15,21-22H,9-12H2,1-3H3. The number of methoxy groups -OCH3 is 1. The third kappa shape index (κ3) is 4.35. The van der Waals surface area contributed by atoms with E-state index in [1.54, 1.807) is 49.1 Å². The normalized spacial score (nSPS) is 15.3. The van der Waals surface area contributed by atoms with Crippen LogP contribution in [-0.2, 0) is 14.8 Å². The molecule has 1 aliphatic rings. The van der Waals surface area contributed by atoms with Gasteiger partial charge in [0.25, 0.3) is 5.91 Å². The molecule has 0 spiro atoms. The van der Waals surface area contributed by atoms with Crippen molar-refractivity contribution in [3.05, 3.63) is 52.8 Å². The molecule has 8 nitrogen and oxygen atoms in total. The fourth-order valence-electron chi connectivity index (χ4n) is 3.62. The molecule has 1 saturated heterocycles. The van der Waals surface area contributed by atoms with Gasteiger partial charge in [0.15, 0.2) is 0 Å². The van der Waals surface area contributed by atoms with Crippen LogP contribution < -0.4 is 4.72 Å². The molecule has 1 aliphatic heterocycles. The van der Waals surface area contributed by atoms with Crippen molar-refractivity contribution >= 4 is 21.9 Å². The summed E-state index contributed by atoms with van der Waals surface area (Å²) < 4.78 is 32.5. The van der Waals surface area contributed by atoms with E-state index in [9.17, 15) is 18.0 Å². The number of carbonyl (C=O) groups is 2. The molecule has 3 rings (SSSR count). The first-order valence-corrected chi connectivity index (χ1v) is 10.9. The zero-order valence-electron chi connectivity index (χ0n) is 16.7. The molecule has 1 amide bonds. The van der Waals surface area contributed by atoms with Gasteiger partial charge in [0.2, 0.25) is 10.0 Å². The second-order valence-electron chi connectivity index (χ2n) is 7.12. The number of hydrogen-bond donors (Lipinski definition) is 2.